The van der Waals surface area contributed by atoms with Crippen LogP contribution >= 0.6 is 12.2 Å². The highest BCUT2D eigenvalue weighted by molar-refractivity contribution is 7.80. The number of fused-ring (bicyclic) bond motifs is 1. The van der Waals surface area contributed by atoms with Gasteiger partial charge in [-0.2, -0.15) is 0 Å². The number of imidazole rings is 1. The van der Waals surface area contributed by atoms with E-state index in [0.717, 1.165) is 5.69 Å². The van der Waals surface area contributed by atoms with Gasteiger partial charge in [0.15, 0.2) is 11.6 Å². The van der Waals surface area contributed by atoms with Gasteiger partial charge in [-0.1, -0.05) is 12.2 Å². The van der Waals surface area contributed by atoms with Crippen LogP contribution in [0, 0.1) is 0 Å². The van der Waals surface area contributed by atoms with Crippen molar-refractivity contribution in [3.8, 4) is 0 Å². The lowest BCUT2D eigenvalue weighted by atomic mass is 10.2. The highest BCUT2D eigenvalue weighted by Gasteiger charge is 2.28. The first-order chi connectivity index (χ1) is 5.58. The third kappa shape index (κ3) is 1.05. The van der Waals surface area contributed by atoms with E-state index in [9.17, 15) is 0 Å². The molecule has 0 amide bonds. The Morgan fingerprint density at radius 1 is 1.58 bits per heavy atom. The topological polar surface area (TPSA) is 78.8 Å². The number of anilines is 1. The lowest BCUT2D eigenvalue weighted by Gasteiger charge is -2.32. The molecule has 0 radical (unpaired) electrons. The molecule has 1 atom stereocenters. The number of aromatic nitrogens is 2. The zero-order chi connectivity index (χ0) is 8.77. The molecule has 1 aliphatic rings. The quantitative estimate of drug-likeness (QED) is 0.416. The van der Waals surface area contributed by atoms with Crippen LogP contribution in [0.1, 0.15) is 12.6 Å². The number of nitrogens with one attached hydrogen (secondary N) is 3. The SMILES string of the molecule is CC1(N)NC(=S)c2[nH]cnc2N1. The second-order valence-electron chi connectivity index (χ2n) is 2.91. The first-order valence-electron chi connectivity index (χ1n) is 3.51. The van der Waals surface area contributed by atoms with Gasteiger partial charge in [-0.25, -0.2) is 4.98 Å². The van der Waals surface area contributed by atoms with Crippen LogP contribution in [0.2, 0.25) is 0 Å². The molecule has 5 N–H and O–H groups in total. The Kier molecular flexibility index (Phi) is 1.36. The summed E-state index contributed by atoms with van der Waals surface area (Å²) in [6.45, 7) is 1.79. The van der Waals surface area contributed by atoms with Crippen molar-refractivity contribution >= 4 is 23.0 Å². The lowest BCUT2D eigenvalue weighted by molar-refractivity contribution is 0.493. The first-order valence-corrected chi connectivity index (χ1v) is 3.92. The van der Waals surface area contributed by atoms with E-state index in [4.69, 9.17) is 18.0 Å². The molecule has 2 rings (SSSR count). The molecule has 1 unspecified atom stereocenters. The Hall–Kier alpha value is -1.14. The highest BCUT2D eigenvalue weighted by Crippen LogP contribution is 2.17. The van der Waals surface area contributed by atoms with Gasteiger partial charge in [0.25, 0.3) is 0 Å². The van der Waals surface area contributed by atoms with Crippen LogP contribution in [-0.2, 0) is 0 Å². The Labute approximate surface area is 74.7 Å². The summed E-state index contributed by atoms with van der Waals surface area (Å²) < 4.78 is 0. The normalized spacial score (nSPS) is 27.3. The van der Waals surface area contributed by atoms with Gasteiger partial charge in [-0.3, -0.25) is 5.73 Å². The van der Waals surface area contributed by atoms with Crippen molar-refractivity contribution in [3.05, 3.63) is 12.0 Å². The van der Waals surface area contributed by atoms with Crippen molar-refractivity contribution in [2.75, 3.05) is 5.32 Å². The van der Waals surface area contributed by atoms with Crippen LogP contribution in [-0.4, -0.2) is 20.7 Å². The van der Waals surface area contributed by atoms with Gasteiger partial charge in [-0.15, -0.1) is 0 Å². The molecule has 1 aliphatic heterocycles. The molecule has 0 spiro atoms. The van der Waals surface area contributed by atoms with Crippen molar-refractivity contribution in [1.82, 2.24) is 15.3 Å². The molecule has 0 aliphatic carbocycles. The molecule has 1 aromatic rings. The zero-order valence-corrected chi connectivity index (χ0v) is 7.33. The summed E-state index contributed by atoms with van der Waals surface area (Å²) in [6, 6.07) is 0. The number of rotatable bonds is 0. The van der Waals surface area contributed by atoms with Crippen LogP contribution in [0.4, 0.5) is 5.82 Å². The number of aromatic amines is 1. The van der Waals surface area contributed by atoms with E-state index in [1.54, 1.807) is 13.3 Å². The van der Waals surface area contributed by atoms with E-state index >= 15 is 0 Å². The second-order valence-corrected chi connectivity index (χ2v) is 3.32. The van der Waals surface area contributed by atoms with Gasteiger partial charge < -0.3 is 15.6 Å². The van der Waals surface area contributed by atoms with Gasteiger partial charge in [-0.05, 0) is 6.92 Å². The second kappa shape index (κ2) is 2.18. The van der Waals surface area contributed by atoms with Crippen molar-refractivity contribution in [3.63, 3.8) is 0 Å². The summed E-state index contributed by atoms with van der Waals surface area (Å²) in [6.07, 6.45) is 1.58. The van der Waals surface area contributed by atoms with Crippen molar-refractivity contribution < 1.29 is 0 Å². The molecular weight excluding hydrogens is 174 g/mol. The maximum atomic E-state index is 5.78. The molecule has 0 fully saturated rings. The summed E-state index contributed by atoms with van der Waals surface area (Å²) in [5.41, 5.74) is 6.56. The standard InChI is InChI=1S/C6H9N5S/c1-6(7)10-4-3(5(12)11-6)8-2-9-4/h2,10H,7H2,1H3,(H,8,9)(H,11,12). The Morgan fingerprint density at radius 2 is 2.33 bits per heavy atom. The Morgan fingerprint density at radius 3 is 3.08 bits per heavy atom. The van der Waals surface area contributed by atoms with Crippen LogP contribution in [0.15, 0.2) is 6.33 Å². The van der Waals surface area contributed by atoms with E-state index in [-0.39, 0.29) is 0 Å². The fraction of sp³-hybridized carbons (Fsp3) is 0.333. The fourth-order valence-electron chi connectivity index (χ4n) is 1.14. The predicted octanol–water partition coefficient (Wildman–Crippen LogP) is -0.267. The van der Waals surface area contributed by atoms with Gasteiger partial charge in [0.05, 0.1) is 6.33 Å². The minimum absolute atomic E-state index is 0.589. The fourth-order valence-corrected chi connectivity index (χ4v) is 1.51. The average Bonchev–Trinajstić information content (AvgIpc) is 2.31. The molecule has 12 heavy (non-hydrogen) atoms. The monoisotopic (exact) mass is 183 g/mol. The number of H-pyrrole nitrogens is 1. The number of thiocarbonyl (C=S) groups is 1. The van der Waals surface area contributed by atoms with E-state index in [0.29, 0.717) is 10.8 Å². The van der Waals surface area contributed by atoms with Crippen molar-refractivity contribution in [2.24, 2.45) is 5.73 Å². The maximum Gasteiger partial charge on any atom is 0.160 e. The Bertz CT molecular complexity index is 328. The van der Waals surface area contributed by atoms with E-state index < -0.39 is 5.79 Å². The van der Waals surface area contributed by atoms with Crippen LogP contribution in [0.25, 0.3) is 0 Å². The van der Waals surface area contributed by atoms with Gasteiger partial charge >= 0.3 is 0 Å². The number of hydrogen-bond acceptors (Lipinski definition) is 4. The van der Waals surface area contributed by atoms with E-state index in [1.165, 1.54) is 0 Å². The molecule has 1 aromatic heterocycles. The van der Waals surface area contributed by atoms with Crippen molar-refractivity contribution in [1.29, 1.82) is 0 Å². The summed E-state index contributed by atoms with van der Waals surface area (Å²) >= 11 is 5.06. The molecule has 64 valence electrons. The predicted molar refractivity (Wildman–Crippen MR) is 49.6 cm³/mol. The largest absolute Gasteiger partial charge is 0.341 e. The molecule has 2 heterocycles. The Balaban J connectivity index is 2.45. The number of hydrogen-bond donors (Lipinski definition) is 4. The van der Waals surface area contributed by atoms with Crippen LogP contribution in [0.3, 0.4) is 0 Å². The summed E-state index contributed by atoms with van der Waals surface area (Å²) in [5, 5.41) is 5.91. The molecule has 0 aromatic carbocycles. The number of nitrogens with two attached hydrogens (primary N) is 1. The molecule has 0 saturated carbocycles. The maximum absolute atomic E-state index is 5.78. The lowest BCUT2D eigenvalue weighted by Crippen LogP contribution is -2.61. The van der Waals surface area contributed by atoms with Crippen LogP contribution < -0.4 is 16.4 Å². The first kappa shape index (κ1) is 7.51. The molecular formula is C6H9N5S. The zero-order valence-electron chi connectivity index (χ0n) is 6.51. The van der Waals surface area contributed by atoms with Gasteiger partial charge in [0, 0.05) is 0 Å². The smallest absolute Gasteiger partial charge is 0.160 e. The van der Waals surface area contributed by atoms with E-state index in [1.807, 2.05) is 0 Å². The van der Waals surface area contributed by atoms with Gasteiger partial charge in [0.1, 0.15) is 10.7 Å². The van der Waals surface area contributed by atoms with Crippen LogP contribution in [0.5, 0.6) is 0 Å². The number of nitrogens with zero attached hydrogens (tertiary/aromatic N) is 1. The summed E-state index contributed by atoms with van der Waals surface area (Å²) in [5.74, 6) is -0.0111. The highest BCUT2D eigenvalue weighted by atomic mass is 32.1. The third-order valence-electron chi connectivity index (χ3n) is 1.62. The van der Waals surface area contributed by atoms with Gasteiger partial charge in [0.2, 0.25) is 0 Å². The third-order valence-corrected chi connectivity index (χ3v) is 1.92. The molecule has 0 bridgehead atoms. The molecule has 0 saturated heterocycles. The summed E-state index contributed by atoms with van der Waals surface area (Å²) in [7, 11) is 0. The van der Waals surface area contributed by atoms with Crippen molar-refractivity contribution in [2.45, 2.75) is 12.7 Å². The average molecular weight is 183 g/mol. The molecule has 6 heteroatoms. The molecule has 5 nitrogen and oxygen atoms in total. The minimum atomic E-state index is -0.709. The van der Waals surface area contributed by atoms with E-state index in [2.05, 4.69) is 20.6 Å². The summed E-state index contributed by atoms with van der Waals surface area (Å²) in [4.78, 5) is 7.53. The minimum Gasteiger partial charge on any atom is -0.341 e.